The number of hydrogen-bond acceptors (Lipinski definition) is 1. The lowest BCUT2D eigenvalue weighted by Crippen LogP contribution is -2.38. The van der Waals surface area contributed by atoms with Crippen molar-refractivity contribution in [1.29, 1.82) is 0 Å². The third kappa shape index (κ3) is 3.03. The molecule has 21 heavy (non-hydrogen) atoms. The van der Waals surface area contributed by atoms with E-state index in [1.807, 2.05) is 0 Å². The highest BCUT2D eigenvalue weighted by Gasteiger charge is 2.34. The van der Waals surface area contributed by atoms with Gasteiger partial charge in [0.2, 0.25) is 0 Å². The van der Waals surface area contributed by atoms with Crippen LogP contribution in [0.3, 0.4) is 0 Å². The molecule has 0 saturated carbocycles. The van der Waals surface area contributed by atoms with E-state index in [-0.39, 0.29) is 5.41 Å². The summed E-state index contributed by atoms with van der Waals surface area (Å²) in [7, 11) is 0. The zero-order chi connectivity index (χ0) is 14.5. The van der Waals surface area contributed by atoms with Gasteiger partial charge in [-0.25, -0.2) is 0 Å². The van der Waals surface area contributed by atoms with Crippen molar-refractivity contribution in [2.75, 3.05) is 6.54 Å². The Hall–Kier alpha value is -1.60. The molecule has 2 aromatic rings. The standard InChI is InChI=1S/C20H25N/c21-16-20(14-6-10-17-8-2-1-3-9-17)15-7-12-18-11-4-5-13-19(18)20/h1-5,8-9,11,13H,6-7,10,12,14-16,21H2. The molecule has 2 aromatic carbocycles. The monoisotopic (exact) mass is 279 g/mol. The summed E-state index contributed by atoms with van der Waals surface area (Å²) in [5, 5.41) is 0. The van der Waals surface area contributed by atoms with Crippen molar-refractivity contribution in [3.05, 3.63) is 71.3 Å². The number of fused-ring (bicyclic) bond motifs is 1. The Morgan fingerprint density at radius 3 is 2.52 bits per heavy atom. The van der Waals surface area contributed by atoms with Crippen LogP contribution in [0.4, 0.5) is 0 Å². The Bertz CT molecular complexity index is 575. The van der Waals surface area contributed by atoms with Crippen LogP contribution in [0, 0.1) is 0 Å². The van der Waals surface area contributed by atoms with Gasteiger partial charge in [-0.1, -0.05) is 54.6 Å². The normalized spacial score (nSPS) is 21.0. The maximum atomic E-state index is 6.23. The molecule has 1 aliphatic rings. The van der Waals surface area contributed by atoms with Gasteiger partial charge in [0.1, 0.15) is 0 Å². The van der Waals surface area contributed by atoms with Crippen LogP contribution < -0.4 is 5.73 Å². The van der Waals surface area contributed by atoms with Crippen LogP contribution in [0.25, 0.3) is 0 Å². The van der Waals surface area contributed by atoms with Crippen LogP contribution in [0.2, 0.25) is 0 Å². The minimum absolute atomic E-state index is 0.212. The van der Waals surface area contributed by atoms with Crippen LogP contribution in [0.1, 0.15) is 42.4 Å². The van der Waals surface area contributed by atoms with E-state index in [1.165, 1.54) is 48.8 Å². The summed E-state index contributed by atoms with van der Waals surface area (Å²) in [6.07, 6.45) is 7.32. The molecule has 0 amide bonds. The average molecular weight is 279 g/mol. The maximum absolute atomic E-state index is 6.23. The largest absolute Gasteiger partial charge is 0.330 e. The van der Waals surface area contributed by atoms with E-state index in [1.54, 1.807) is 0 Å². The zero-order valence-corrected chi connectivity index (χ0v) is 12.7. The maximum Gasteiger partial charge on any atom is 0.00785 e. The summed E-state index contributed by atoms with van der Waals surface area (Å²) in [4.78, 5) is 0. The van der Waals surface area contributed by atoms with Gasteiger partial charge >= 0.3 is 0 Å². The van der Waals surface area contributed by atoms with Gasteiger partial charge in [0.25, 0.3) is 0 Å². The van der Waals surface area contributed by atoms with Crippen LogP contribution in [0.5, 0.6) is 0 Å². The summed E-state index contributed by atoms with van der Waals surface area (Å²) < 4.78 is 0. The van der Waals surface area contributed by atoms with E-state index in [2.05, 4.69) is 54.6 Å². The SMILES string of the molecule is NCC1(CCCc2ccccc2)CCCc2ccccc21. The van der Waals surface area contributed by atoms with Crippen molar-refractivity contribution >= 4 is 0 Å². The fourth-order valence-electron chi connectivity index (χ4n) is 3.86. The Labute approximate surface area is 128 Å². The van der Waals surface area contributed by atoms with Crippen LogP contribution in [0.15, 0.2) is 54.6 Å². The first-order valence-electron chi connectivity index (χ1n) is 8.16. The van der Waals surface area contributed by atoms with Gasteiger partial charge in [0.05, 0.1) is 0 Å². The van der Waals surface area contributed by atoms with Gasteiger partial charge in [-0.3, -0.25) is 0 Å². The summed E-state index contributed by atoms with van der Waals surface area (Å²) in [5.41, 5.74) is 10.9. The van der Waals surface area contributed by atoms with Gasteiger partial charge in [0, 0.05) is 12.0 Å². The summed E-state index contributed by atoms with van der Waals surface area (Å²) in [6, 6.07) is 19.7. The van der Waals surface area contributed by atoms with E-state index in [0.29, 0.717) is 0 Å². The van der Waals surface area contributed by atoms with Gasteiger partial charge < -0.3 is 5.73 Å². The third-order valence-corrected chi connectivity index (χ3v) is 5.04. The van der Waals surface area contributed by atoms with Gasteiger partial charge in [0.15, 0.2) is 0 Å². The average Bonchev–Trinajstić information content (AvgIpc) is 2.56. The molecular formula is C20H25N. The van der Waals surface area contributed by atoms with Gasteiger partial charge in [-0.15, -0.1) is 0 Å². The Kier molecular flexibility index (Phi) is 4.40. The summed E-state index contributed by atoms with van der Waals surface area (Å²) in [6.45, 7) is 0.777. The molecule has 3 rings (SSSR count). The van der Waals surface area contributed by atoms with Crippen molar-refractivity contribution in [3.63, 3.8) is 0 Å². The van der Waals surface area contributed by atoms with Crippen molar-refractivity contribution in [3.8, 4) is 0 Å². The molecule has 110 valence electrons. The predicted molar refractivity (Wildman–Crippen MR) is 89.5 cm³/mol. The van der Waals surface area contributed by atoms with Crippen molar-refractivity contribution in [2.45, 2.75) is 43.9 Å². The molecule has 0 fully saturated rings. The fourth-order valence-corrected chi connectivity index (χ4v) is 3.86. The topological polar surface area (TPSA) is 26.0 Å². The molecular weight excluding hydrogens is 254 g/mol. The Morgan fingerprint density at radius 1 is 0.952 bits per heavy atom. The minimum Gasteiger partial charge on any atom is -0.330 e. The molecule has 0 spiro atoms. The molecule has 0 aliphatic heterocycles. The second-order valence-corrected chi connectivity index (χ2v) is 6.33. The molecule has 1 atom stereocenters. The lowest BCUT2D eigenvalue weighted by atomic mass is 9.67. The third-order valence-electron chi connectivity index (χ3n) is 5.04. The molecule has 1 unspecified atom stereocenters. The highest BCUT2D eigenvalue weighted by atomic mass is 14.6. The lowest BCUT2D eigenvalue weighted by molar-refractivity contribution is 0.335. The quantitative estimate of drug-likeness (QED) is 0.870. The first-order valence-corrected chi connectivity index (χ1v) is 8.16. The fraction of sp³-hybridized carbons (Fsp3) is 0.400. The van der Waals surface area contributed by atoms with E-state index < -0.39 is 0 Å². The van der Waals surface area contributed by atoms with E-state index in [4.69, 9.17) is 5.73 Å². The lowest BCUT2D eigenvalue weighted by Gasteiger charge is -2.38. The highest BCUT2D eigenvalue weighted by molar-refractivity contribution is 5.37. The second kappa shape index (κ2) is 6.44. The Balaban J connectivity index is 1.73. The van der Waals surface area contributed by atoms with Gasteiger partial charge in [-0.05, 0) is 55.2 Å². The van der Waals surface area contributed by atoms with E-state index in [0.717, 1.165) is 13.0 Å². The Morgan fingerprint density at radius 2 is 1.71 bits per heavy atom. The number of rotatable bonds is 5. The predicted octanol–water partition coefficient (Wildman–Crippen LogP) is 4.24. The van der Waals surface area contributed by atoms with E-state index in [9.17, 15) is 0 Å². The number of benzene rings is 2. The molecule has 2 N–H and O–H groups in total. The van der Waals surface area contributed by atoms with Crippen molar-refractivity contribution in [1.82, 2.24) is 0 Å². The molecule has 0 aromatic heterocycles. The molecule has 1 aliphatic carbocycles. The van der Waals surface area contributed by atoms with Crippen LogP contribution in [-0.4, -0.2) is 6.54 Å². The molecule has 1 nitrogen and oxygen atoms in total. The van der Waals surface area contributed by atoms with Crippen LogP contribution >= 0.6 is 0 Å². The first kappa shape index (κ1) is 14.3. The van der Waals surface area contributed by atoms with Gasteiger partial charge in [-0.2, -0.15) is 0 Å². The molecule has 0 radical (unpaired) electrons. The van der Waals surface area contributed by atoms with Crippen molar-refractivity contribution < 1.29 is 0 Å². The number of hydrogen-bond donors (Lipinski definition) is 1. The zero-order valence-electron chi connectivity index (χ0n) is 12.7. The number of nitrogens with two attached hydrogens (primary N) is 1. The van der Waals surface area contributed by atoms with Crippen LogP contribution in [-0.2, 0) is 18.3 Å². The van der Waals surface area contributed by atoms with E-state index >= 15 is 0 Å². The number of aryl methyl sites for hydroxylation is 2. The first-order chi connectivity index (χ1) is 10.3. The van der Waals surface area contributed by atoms with Crippen molar-refractivity contribution in [2.24, 2.45) is 5.73 Å². The summed E-state index contributed by atoms with van der Waals surface area (Å²) >= 11 is 0. The summed E-state index contributed by atoms with van der Waals surface area (Å²) in [5.74, 6) is 0. The molecule has 0 saturated heterocycles. The minimum atomic E-state index is 0.212. The molecule has 0 bridgehead atoms. The molecule has 0 heterocycles. The molecule has 1 heteroatoms. The highest BCUT2D eigenvalue weighted by Crippen LogP contribution is 2.40. The second-order valence-electron chi connectivity index (χ2n) is 6.33. The smallest absolute Gasteiger partial charge is 0.00785 e.